The van der Waals surface area contributed by atoms with E-state index in [-0.39, 0.29) is 23.6 Å². The van der Waals surface area contributed by atoms with E-state index in [0.717, 1.165) is 12.8 Å². The number of hydrogen-bond acceptors (Lipinski definition) is 4. The molecule has 4 fully saturated rings. The molecule has 4 nitrogen and oxygen atoms in total. The average molecular weight is 333 g/mol. The molecule has 0 unspecified atom stereocenters. The Balaban J connectivity index is 1.86. The lowest BCUT2D eigenvalue weighted by molar-refractivity contribution is -0.151. The van der Waals surface area contributed by atoms with Gasteiger partial charge in [0.15, 0.2) is 11.4 Å². The van der Waals surface area contributed by atoms with Crippen molar-refractivity contribution in [1.29, 1.82) is 0 Å². The van der Waals surface area contributed by atoms with Crippen LogP contribution in [-0.2, 0) is 19.1 Å². The Morgan fingerprint density at radius 2 is 1.90 bits per heavy atom. The van der Waals surface area contributed by atoms with Crippen molar-refractivity contribution in [2.24, 2.45) is 17.3 Å². The smallest absolute Gasteiger partial charge is 0.309 e. The summed E-state index contributed by atoms with van der Waals surface area (Å²) in [6.45, 7) is 5.68. The highest BCUT2D eigenvalue weighted by Crippen LogP contribution is 2.73. The number of halogens is 2. The first-order valence-electron chi connectivity index (χ1n) is 7.44. The van der Waals surface area contributed by atoms with E-state index in [1.54, 1.807) is 6.92 Å². The van der Waals surface area contributed by atoms with Crippen LogP contribution in [0.25, 0.3) is 0 Å². The summed E-state index contributed by atoms with van der Waals surface area (Å²) >= 11 is 12.8. The van der Waals surface area contributed by atoms with Gasteiger partial charge in [-0.25, -0.2) is 0 Å². The molecule has 0 aromatic rings. The maximum atomic E-state index is 12.6. The molecule has 0 N–H and O–H groups in total. The monoisotopic (exact) mass is 332 g/mol. The number of hydrogen-bond donors (Lipinski definition) is 0. The molecule has 0 aromatic carbocycles. The van der Waals surface area contributed by atoms with Crippen LogP contribution in [0.1, 0.15) is 33.6 Å². The molecule has 2 heterocycles. The molecule has 2 saturated heterocycles. The van der Waals surface area contributed by atoms with Crippen molar-refractivity contribution in [2.75, 3.05) is 0 Å². The van der Waals surface area contributed by atoms with E-state index in [0.29, 0.717) is 0 Å². The van der Waals surface area contributed by atoms with Crippen molar-refractivity contribution < 1.29 is 19.1 Å². The molecule has 0 aromatic heterocycles. The van der Waals surface area contributed by atoms with Gasteiger partial charge in [0.05, 0.1) is 11.3 Å². The standard InChI is InChI=1S/C15H18Cl2O4/c1-6-7-4-5-13(2)9(17)8(16)10(18)14(3)15(13,21-14)11(7)20-12(6)19/h6-9,11H,4-5H2,1-3H3/t6-,7-,8+,9-,11-,13-,14+,15-/m0/s1. The molecular weight excluding hydrogens is 315 g/mol. The summed E-state index contributed by atoms with van der Waals surface area (Å²) in [6, 6.07) is 0. The third kappa shape index (κ3) is 1.27. The average Bonchev–Trinajstić information content (AvgIpc) is 2.99. The Morgan fingerprint density at radius 3 is 2.57 bits per heavy atom. The van der Waals surface area contributed by atoms with Crippen LogP contribution < -0.4 is 0 Å². The lowest BCUT2D eigenvalue weighted by Crippen LogP contribution is -2.66. The Hall–Kier alpha value is -0.320. The van der Waals surface area contributed by atoms with Crippen molar-refractivity contribution in [3.8, 4) is 0 Å². The first-order valence-corrected chi connectivity index (χ1v) is 8.31. The van der Waals surface area contributed by atoms with Crippen molar-refractivity contribution in [3.05, 3.63) is 0 Å². The summed E-state index contributed by atoms with van der Waals surface area (Å²) < 4.78 is 11.7. The zero-order valence-electron chi connectivity index (χ0n) is 12.2. The van der Waals surface area contributed by atoms with Crippen LogP contribution in [0.4, 0.5) is 0 Å². The van der Waals surface area contributed by atoms with Gasteiger partial charge in [-0.15, -0.1) is 23.2 Å². The fourth-order valence-electron chi connectivity index (χ4n) is 5.10. The first-order chi connectivity index (χ1) is 9.70. The number of ether oxygens (including phenoxy) is 2. The molecule has 21 heavy (non-hydrogen) atoms. The van der Waals surface area contributed by atoms with E-state index in [2.05, 4.69) is 0 Å². The van der Waals surface area contributed by atoms with Gasteiger partial charge in [0, 0.05) is 11.3 Å². The van der Waals surface area contributed by atoms with E-state index in [4.69, 9.17) is 32.7 Å². The zero-order valence-corrected chi connectivity index (χ0v) is 13.7. The fraction of sp³-hybridized carbons (Fsp3) is 0.867. The SMILES string of the molecule is C[C@@H]1C(=O)O[C@H]2[C@H]1CC[C@@]1(C)[C@@H](Cl)[C@@H](Cl)C(=O)[C@@]3(C)O[C@@]213. The van der Waals surface area contributed by atoms with Crippen molar-refractivity contribution in [2.45, 2.75) is 61.7 Å². The van der Waals surface area contributed by atoms with Gasteiger partial charge in [-0.2, -0.15) is 0 Å². The number of carbonyl (C=O) groups excluding carboxylic acids is 2. The van der Waals surface area contributed by atoms with Crippen molar-refractivity contribution in [1.82, 2.24) is 0 Å². The van der Waals surface area contributed by atoms with Crippen molar-refractivity contribution >= 4 is 35.0 Å². The molecule has 2 saturated carbocycles. The lowest BCUT2D eigenvalue weighted by Gasteiger charge is -2.51. The van der Waals surface area contributed by atoms with E-state index in [1.165, 1.54) is 0 Å². The molecule has 6 heteroatoms. The lowest BCUT2D eigenvalue weighted by atomic mass is 9.52. The van der Waals surface area contributed by atoms with E-state index < -0.39 is 33.5 Å². The third-order valence-electron chi connectivity index (χ3n) is 6.51. The second-order valence-corrected chi connectivity index (χ2v) is 8.25. The number of alkyl halides is 2. The zero-order chi connectivity index (χ0) is 15.4. The van der Waals surface area contributed by atoms with Crippen LogP contribution in [0, 0.1) is 17.3 Å². The van der Waals surface area contributed by atoms with Gasteiger partial charge >= 0.3 is 5.97 Å². The minimum atomic E-state index is -0.979. The minimum absolute atomic E-state index is 0.0935. The third-order valence-corrected chi connectivity index (χ3v) is 7.82. The van der Waals surface area contributed by atoms with Crippen LogP contribution in [0.2, 0.25) is 0 Å². The molecule has 4 aliphatic rings. The summed E-state index contributed by atoms with van der Waals surface area (Å²) in [4.78, 5) is 24.6. The molecule has 8 atom stereocenters. The number of rotatable bonds is 0. The summed E-state index contributed by atoms with van der Waals surface area (Å²) in [5.41, 5.74) is -2.25. The van der Waals surface area contributed by atoms with Crippen LogP contribution >= 0.6 is 23.2 Å². The molecule has 0 amide bonds. The molecule has 0 radical (unpaired) electrons. The molecule has 2 aliphatic heterocycles. The minimum Gasteiger partial charge on any atom is -0.459 e. The number of Topliss-reactive ketones (excluding diaryl/α,β-unsaturated/α-hetero) is 1. The summed E-state index contributed by atoms with van der Waals surface area (Å²) in [5.74, 6) is -0.443. The highest BCUT2D eigenvalue weighted by Gasteiger charge is 2.89. The second-order valence-electron chi connectivity index (χ2n) is 7.30. The molecule has 2 aliphatic carbocycles. The summed E-state index contributed by atoms with van der Waals surface area (Å²) in [5, 5.41) is -1.28. The molecule has 4 rings (SSSR count). The van der Waals surface area contributed by atoms with E-state index in [1.807, 2.05) is 13.8 Å². The maximum Gasteiger partial charge on any atom is 0.309 e. The van der Waals surface area contributed by atoms with Crippen molar-refractivity contribution in [3.63, 3.8) is 0 Å². The second kappa shape index (κ2) is 3.77. The van der Waals surface area contributed by atoms with Crippen LogP contribution in [0.15, 0.2) is 0 Å². The normalized spacial score (nSPS) is 61.7. The molecule has 0 bridgehead atoms. The Bertz CT molecular complexity index is 566. The topological polar surface area (TPSA) is 55.9 Å². The van der Waals surface area contributed by atoms with Gasteiger partial charge in [0.25, 0.3) is 0 Å². The Kier molecular flexibility index (Phi) is 2.56. The number of carbonyl (C=O) groups is 2. The number of epoxide rings is 1. The Labute approximate surface area is 133 Å². The van der Waals surface area contributed by atoms with Gasteiger partial charge in [-0.1, -0.05) is 13.8 Å². The van der Waals surface area contributed by atoms with E-state index in [9.17, 15) is 9.59 Å². The predicted octanol–water partition coefficient (Wildman–Crippen LogP) is 2.29. The van der Waals surface area contributed by atoms with Gasteiger partial charge in [-0.3, -0.25) is 9.59 Å². The number of fused-ring (bicyclic) bond motifs is 1. The largest absolute Gasteiger partial charge is 0.459 e. The van der Waals surface area contributed by atoms with Gasteiger partial charge in [-0.05, 0) is 19.8 Å². The highest BCUT2D eigenvalue weighted by atomic mass is 35.5. The first kappa shape index (κ1) is 14.3. The van der Waals surface area contributed by atoms with Gasteiger partial charge in [0.1, 0.15) is 17.1 Å². The van der Waals surface area contributed by atoms with Crippen LogP contribution in [0.3, 0.4) is 0 Å². The van der Waals surface area contributed by atoms with Gasteiger partial charge < -0.3 is 9.47 Å². The van der Waals surface area contributed by atoms with Crippen LogP contribution in [0.5, 0.6) is 0 Å². The molecule has 116 valence electrons. The number of ketones is 1. The quantitative estimate of drug-likeness (QED) is 0.388. The van der Waals surface area contributed by atoms with Crippen LogP contribution in [-0.4, -0.2) is 39.8 Å². The van der Waals surface area contributed by atoms with E-state index >= 15 is 0 Å². The molecular formula is C15H18Cl2O4. The Morgan fingerprint density at radius 1 is 1.24 bits per heavy atom. The maximum absolute atomic E-state index is 12.6. The molecule has 1 spiro atoms. The predicted molar refractivity (Wildman–Crippen MR) is 76.4 cm³/mol. The number of esters is 1. The highest BCUT2D eigenvalue weighted by molar-refractivity contribution is 6.40. The fourth-order valence-corrected chi connectivity index (χ4v) is 5.97. The summed E-state index contributed by atoms with van der Waals surface area (Å²) in [6.07, 6.45) is 1.24. The summed E-state index contributed by atoms with van der Waals surface area (Å²) in [7, 11) is 0. The van der Waals surface area contributed by atoms with Gasteiger partial charge in [0.2, 0.25) is 0 Å².